The molecule has 0 aliphatic heterocycles. The van der Waals surface area contributed by atoms with E-state index in [1.54, 1.807) is 18.4 Å². The van der Waals surface area contributed by atoms with Gasteiger partial charge in [0, 0.05) is 18.2 Å². The van der Waals surface area contributed by atoms with Crippen molar-refractivity contribution in [2.24, 2.45) is 0 Å². The highest BCUT2D eigenvalue weighted by Gasteiger charge is 2.04. The lowest BCUT2D eigenvalue weighted by Gasteiger charge is -2.14. The molecule has 0 fully saturated rings. The standard InChI is InChI=1S/C14H16FNO/c1-11(4-9-14-3-2-10-17-14)16-13-7-5-12(15)6-8-13/h2-3,5-8,10-11,16H,4,9H2,1H3. The van der Waals surface area contributed by atoms with Crippen LogP contribution in [0.1, 0.15) is 19.1 Å². The molecule has 1 unspecified atom stereocenters. The van der Waals surface area contributed by atoms with Crippen molar-refractivity contribution >= 4 is 5.69 Å². The van der Waals surface area contributed by atoms with Crippen LogP contribution in [0.25, 0.3) is 0 Å². The Kier molecular flexibility index (Phi) is 3.81. The summed E-state index contributed by atoms with van der Waals surface area (Å²) in [7, 11) is 0. The molecule has 0 saturated heterocycles. The first-order valence-corrected chi connectivity index (χ1v) is 5.78. The summed E-state index contributed by atoms with van der Waals surface area (Å²) in [5, 5.41) is 3.32. The molecular formula is C14H16FNO. The third-order valence-electron chi connectivity index (χ3n) is 2.66. The second-order valence-corrected chi connectivity index (χ2v) is 4.17. The molecule has 2 nitrogen and oxygen atoms in total. The van der Waals surface area contributed by atoms with Crippen LogP contribution in [0.15, 0.2) is 47.1 Å². The van der Waals surface area contributed by atoms with Crippen molar-refractivity contribution in [3.05, 3.63) is 54.2 Å². The smallest absolute Gasteiger partial charge is 0.123 e. The number of furan rings is 1. The van der Waals surface area contributed by atoms with E-state index in [1.165, 1.54) is 12.1 Å². The lowest BCUT2D eigenvalue weighted by molar-refractivity contribution is 0.495. The maximum Gasteiger partial charge on any atom is 0.123 e. The monoisotopic (exact) mass is 233 g/mol. The Morgan fingerprint density at radius 3 is 2.65 bits per heavy atom. The van der Waals surface area contributed by atoms with E-state index in [0.717, 1.165) is 24.3 Å². The zero-order valence-corrected chi connectivity index (χ0v) is 9.82. The van der Waals surface area contributed by atoms with Gasteiger partial charge in [-0.25, -0.2) is 4.39 Å². The Morgan fingerprint density at radius 2 is 2.00 bits per heavy atom. The number of rotatable bonds is 5. The first-order chi connectivity index (χ1) is 8.24. The van der Waals surface area contributed by atoms with Gasteiger partial charge in [-0.3, -0.25) is 0 Å². The number of aryl methyl sites for hydroxylation is 1. The fourth-order valence-electron chi connectivity index (χ4n) is 1.72. The third-order valence-corrected chi connectivity index (χ3v) is 2.66. The van der Waals surface area contributed by atoms with Gasteiger partial charge in [0.2, 0.25) is 0 Å². The summed E-state index contributed by atoms with van der Waals surface area (Å²) >= 11 is 0. The van der Waals surface area contributed by atoms with Crippen LogP contribution in [0, 0.1) is 5.82 Å². The summed E-state index contributed by atoms with van der Waals surface area (Å²) in [6.07, 6.45) is 3.57. The zero-order valence-electron chi connectivity index (χ0n) is 9.82. The Balaban J connectivity index is 1.80. The summed E-state index contributed by atoms with van der Waals surface area (Å²) in [4.78, 5) is 0. The maximum absolute atomic E-state index is 12.7. The van der Waals surface area contributed by atoms with Crippen molar-refractivity contribution in [3.63, 3.8) is 0 Å². The van der Waals surface area contributed by atoms with Gasteiger partial charge in [0.05, 0.1) is 6.26 Å². The quantitative estimate of drug-likeness (QED) is 0.848. The molecule has 2 aromatic rings. The van der Waals surface area contributed by atoms with E-state index >= 15 is 0 Å². The molecule has 1 aromatic carbocycles. The van der Waals surface area contributed by atoms with Crippen LogP contribution in [-0.2, 0) is 6.42 Å². The van der Waals surface area contributed by atoms with Crippen molar-refractivity contribution in [1.29, 1.82) is 0 Å². The number of nitrogens with one attached hydrogen (secondary N) is 1. The first kappa shape index (κ1) is 11.7. The molecule has 0 saturated carbocycles. The number of hydrogen-bond acceptors (Lipinski definition) is 2. The van der Waals surface area contributed by atoms with E-state index in [4.69, 9.17) is 4.42 Å². The van der Waals surface area contributed by atoms with E-state index in [2.05, 4.69) is 12.2 Å². The van der Waals surface area contributed by atoms with Gasteiger partial charge in [-0.2, -0.15) is 0 Å². The molecule has 0 aliphatic carbocycles. The Morgan fingerprint density at radius 1 is 1.24 bits per heavy atom. The number of hydrogen-bond donors (Lipinski definition) is 1. The van der Waals surface area contributed by atoms with Crippen molar-refractivity contribution in [2.45, 2.75) is 25.8 Å². The van der Waals surface area contributed by atoms with Gasteiger partial charge in [0.25, 0.3) is 0 Å². The summed E-state index contributed by atoms with van der Waals surface area (Å²) in [6.45, 7) is 2.10. The van der Waals surface area contributed by atoms with E-state index in [-0.39, 0.29) is 5.82 Å². The summed E-state index contributed by atoms with van der Waals surface area (Å²) < 4.78 is 18.0. The molecule has 0 radical (unpaired) electrons. The number of benzene rings is 1. The molecule has 17 heavy (non-hydrogen) atoms. The molecule has 2 rings (SSSR count). The third kappa shape index (κ3) is 3.63. The predicted molar refractivity (Wildman–Crippen MR) is 66.5 cm³/mol. The van der Waals surface area contributed by atoms with Crippen LogP contribution in [0.5, 0.6) is 0 Å². The second-order valence-electron chi connectivity index (χ2n) is 4.17. The molecule has 1 aromatic heterocycles. The van der Waals surface area contributed by atoms with E-state index in [1.807, 2.05) is 12.1 Å². The minimum atomic E-state index is -0.209. The van der Waals surface area contributed by atoms with E-state index < -0.39 is 0 Å². The SMILES string of the molecule is CC(CCc1ccco1)Nc1ccc(F)cc1. The van der Waals surface area contributed by atoms with Crippen LogP contribution in [0.3, 0.4) is 0 Å². The largest absolute Gasteiger partial charge is 0.469 e. The van der Waals surface area contributed by atoms with Gasteiger partial charge in [0.15, 0.2) is 0 Å². The molecule has 90 valence electrons. The van der Waals surface area contributed by atoms with Crippen molar-refractivity contribution < 1.29 is 8.81 Å². The van der Waals surface area contributed by atoms with Gasteiger partial charge in [0.1, 0.15) is 11.6 Å². The summed E-state index contributed by atoms with van der Waals surface area (Å²) in [6, 6.07) is 10.6. The average molecular weight is 233 g/mol. The van der Waals surface area contributed by atoms with Crippen LogP contribution in [0.2, 0.25) is 0 Å². The van der Waals surface area contributed by atoms with Crippen LogP contribution in [0.4, 0.5) is 10.1 Å². The zero-order chi connectivity index (χ0) is 12.1. The van der Waals surface area contributed by atoms with Gasteiger partial charge in [-0.05, 0) is 49.7 Å². The van der Waals surface area contributed by atoms with Crippen molar-refractivity contribution in [2.75, 3.05) is 5.32 Å². The Bertz CT molecular complexity index is 436. The molecule has 0 amide bonds. The van der Waals surface area contributed by atoms with Gasteiger partial charge < -0.3 is 9.73 Å². The molecule has 0 aliphatic rings. The van der Waals surface area contributed by atoms with E-state index in [9.17, 15) is 4.39 Å². The lowest BCUT2D eigenvalue weighted by atomic mass is 10.1. The highest BCUT2D eigenvalue weighted by Crippen LogP contribution is 2.12. The molecular weight excluding hydrogens is 217 g/mol. The normalized spacial score (nSPS) is 12.4. The molecule has 0 bridgehead atoms. The lowest BCUT2D eigenvalue weighted by Crippen LogP contribution is -2.15. The van der Waals surface area contributed by atoms with Crippen molar-refractivity contribution in [1.82, 2.24) is 0 Å². The number of anilines is 1. The predicted octanol–water partition coefficient (Wildman–Crippen LogP) is 3.85. The van der Waals surface area contributed by atoms with Crippen molar-refractivity contribution in [3.8, 4) is 0 Å². The van der Waals surface area contributed by atoms with E-state index in [0.29, 0.717) is 6.04 Å². The molecule has 1 heterocycles. The average Bonchev–Trinajstić information content (AvgIpc) is 2.83. The minimum Gasteiger partial charge on any atom is -0.469 e. The summed E-state index contributed by atoms with van der Waals surface area (Å²) in [5.74, 6) is 0.788. The second kappa shape index (κ2) is 5.53. The molecule has 3 heteroatoms. The van der Waals surface area contributed by atoms with Crippen LogP contribution in [-0.4, -0.2) is 6.04 Å². The van der Waals surface area contributed by atoms with Gasteiger partial charge in [-0.15, -0.1) is 0 Å². The topological polar surface area (TPSA) is 25.2 Å². The minimum absolute atomic E-state index is 0.209. The summed E-state index contributed by atoms with van der Waals surface area (Å²) in [5.41, 5.74) is 0.943. The van der Waals surface area contributed by atoms with Crippen LogP contribution < -0.4 is 5.32 Å². The fourth-order valence-corrected chi connectivity index (χ4v) is 1.72. The molecule has 0 spiro atoms. The maximum atomic E-state index is 12.7. The molecule has 1 atom stereocenters. The molecule has 1 N–H and O–H groups in total. The fraction of sp³-hybridized carbons (Fsp3) is 0.286. The first-order valence-electron chi connectivity index (χ1n) is 5.78. The highest BCUT2D eigenvalue weighted by atomic mass is 19.1. The van der Waals surface area contributed by atoms with Crippen LogP contribution >= 0.6 is 0 Å². The Hall–Kier alpha value is -1.77. The van der Waals surface area contributed by atoms with Gasteiger partial charge >= 0.3 is 0 Å². The van der Waals surface area contributed by atoms with Gasteiger partial charge in [-0.1, -0.05) is 0 Å². The Labute approximate surface area is 100 Å². The number of halogens is 1. The highest BCUT2D eigenvalue weighted by molar-refractivity contribution is 5.43.